The number of nitrogens with zero attached hydrogens (tertiary/aromatic N) is 2. The summed E-state index contributed by atoms with van der Waals surface area (Å²) >= 11 is 0. The van der Waals surface area contributed by atoms with Crippen LogP contribution in [-0.2, 0) is 9.53 Å². The van der Waals surface area contributed by atoms with E-state index in [1.54, 1.807) is 24.3 Å². The van der Waals surface area contributed by atoms with Gasteiger partial charge in [0.1, 0.15) is 12.1 Å². The Morgan fingerprint density at radius 3 is 2.84 bits per heavy atom. The molecule has 0 fully saturated rings. The summed E-state index contributed by atoms with van der Waals surface area (Å²) in [5.74, 6) is -0.0849. The second-order valence-corrected chi connectivity index (χ2v) is 7.41. The molecule has 4 rings (SSSR count). The number of carbonyl (C=O) groups is 1. The monoisotopic (exact) mass is 438 g/mol. The number of aromatic hydroxyl groups is 1. The Hall–Kier alpha value is -3.88. The molecule has 32 heavy (non-hydrogen) atoms. The first-order chi connectivity index (χ1) is 15.5. The van der Waals surface area contributed by atoms with Crippen LogP contribution in [-0.4, -0.2) is 39.7 Å². The number of methoxy groups -OCH3 is 1. The average Bonchev–Trinajstić information content (AvgIpc) is 3.17. The van der Waals surface area contributed by atoms with E-state index in [-0.39, 0.29) is 29.0 Å². The summed E-state index contributed by atoms with van der Waals surface area (Å²) in [6.45, 7) is 2.18. The van der Waals surface area contributed by atoms with Gasteiger partial charge in [0.25, 0.3) is 0 Å². The number of aryl methyl sites for hydroxylation is 1. The van der Waals surface area contributed by atoms with Crippen molar-refractivity contribution < 1.29 is 23.8 Å². The Morgan fingerprint density at radius 1 is 1.19 bits per heavy atom. The van der Waals surface area contributed by atoms with Gasteiger partial charge in [0.2, 0.25) is 0 Å². The molecule has 0 spiro atoms. The third-order valence-corrected chi connectivity index (χ3v) is 5.10. The van der Waals surface area contributed by atoms with Crippen molar-refractivity contribution in [2.24, 2.45) is 0 Å². The van der Waals surface area contributed by atoms with Crippen LogP contribution >= 0.6 is 0 Å². The lowest BCUT2D eigenvalue weighted by molar-refractivity contribution is -0.140. The normalized spacial score (nSPS) is 11.1. The lowest BCUT2D eigenvalue weighted by Gasteiger charge is -2.12. The SMILES string of the molecule is COC(=O)CCCCOc1cc2c(Nc3ccc4[nH]c(C)cc4c3F)ncnc2cc1O. The van der Waals surface area contributed by atoms with Crippen molar-refractivity contribution in [2.75, 3.05) is 19.0 Å². The molecule has 0 aliphatic heterocycles. The summed E-state index contributed by atoms with van der Waals surface area (Å²) in [7, 11) is 1.35. The fourth-order valence-corrected chi connectivity index (χ4v) is 3.48. The highest BCUT2D eigenvalue weighted by atomic mass is 19.1. The maximum absolute atomic E-state index is 15.0. The molecule has 0 unspecified atom stereocenters. The fourth-order valence-electron chi connectivity index (χ4n) is 3.48. The predicted octanol–water partition coefficient (Wildman–Crippen LogP) is 4.73. The standard InChI is InChI=1S/C23H23FN4O4/c1-13-9-14-16(27-13)6-7-17(22(14)24)28-23-15-10-20(19(29)11-18(15)25-12-26-23)32-8-4-3-5-21(30)31-2/h6-7,9-12,27,29H,3-5,8H2,1-2H3,(H,25,26,28). The third kappa shape index (κ3) is 4.41. The highest BCUT2D eigenvalue weighted by molar-refractivity contribution is 5.94. The molecular formula is C23H23FN4O4. The summed E-state index contributed by atoms with van der Waals surface area (Å²) in [5, 5.41) is 14.4. The van der Waals surface area contributed by atoms with Crippen molar-refractivity contribution in [2.45, 2.75) is 26.2 Å². The molecule has 2 aromatic carbocycles. The van der Waals surface area contributed by atoms with Gasteiger partial charge in [-0.15, -0.1) is 0 Å². The molecule has 0 aliphatic rings. The number of fused-ring (bicyclic) bond motifs is 2. The molecule has 3 N–H and O–H groups in total. The molecule has 0 atom stereocenters. The van der Waals surface area contributed by atoms with Crippen LogP contribution in [0.15, 0.2) is 36.7 Å². The Labute approximate surface area is 183 Å². The van der Waals surface area contributed by atoms with E-state index in [1.165, 1.54) is 19.5 Å². The smallest absolute Gasteiger partial charge is 0.305 e. The summed E-state index contributed by atoms with van der Waals surface area (Å²) in [6.07, 6.45) is 2.87. The number of nitrogens with one attached hydrogen (secondary N) is 2. The number of anilines is 2. The zero-order valence-corrected chi connectivity index (χ0v) is 17.7. The highest BCUT2D eigenvalue weighted by Crippen LogP contribution is 2.35. The van der Waals surface area contributed by atoms with Crippen LogP contribution in [0.4, 0.5) is 15.9 Å². The Kier molecular flexibility index (Phi) is 6.07. The Balaban J connectivity index is 1.57. The number of aromatic amines is 1. The van der Waals surface area contributed by atoms with Crippen LogP contribution in [0.5, 0.6) is 11.5 Å². The first-order valence-corrected chi connectivity index (χ1v) is 10.2. The van der Waals surface area contributed by atoms with Crippen molar-refractivity contribution in [3.8, 4) is 11.5 Å². The van der Waals surface area contributed by atoms with Gasteiger partial charge in [-0.3, -0.25) is 4.79 Å². The summed E-state index contributed by atoms with van der Waals surface area (Å²) in [4.78, 5) is 22.7. The van der Waals surface area contributed by atoms with Crippen molar-refractivity contribution in [3.63, 3.8) is 0 Å². The molecule has 0 saturated heterocycles. The summed E-state index contributed by atoms with van der Waals surface area (Å²) < 4.78 is 25.3. The van der Waals surface area contributed by atoms with Crippen molar-refractivity contribution in [3.05, 3.63) is 48.2 Å². The maximum atomic E-state index is 15.0. The number of H-pyrrole nitrogens is 1. The van der Waals surface area contributed by atoms with Crippen LogP contribution in [0.25, 0.3) is 21.8 Å². The molecule has 0 aliphatic carbocycles. The van der Waals surface area contributed by atoms with E-state index in [1.807, 2.05) is 6.92 Å². The van der Waals surface area contributed by atoms with E-state index in [9.17, 15) is 9.90 Å². The van der Waals surface area contributed by atoms with Gasteiger partial charge in [-0.05, 0) is 44.0 Å². The molecule has 2 aromatic heterocycles. The van der Waals surface area contributed by atoms with Crippen LogP contribution in [0.1, 0.15) is 25.0 Å². The minimum absolute atomic E-state index is 0.0643. The first kappa shape index (κ1) is 21.4. The van der Waals surface area contributed by atoms with E-state index < -0.39 is 0 Å². The van der Waals surface area contributed by atoms with Crippen molar-refractivity contribution in [1.82, 2.24) is 15.0 Å². The van der Waals surface area contributed by atoms with E-state index in [0.717, 1.165) is 5.69 Å². The van der Waals surface area contributed by atoms with Crippen LogP contribution < -0.4 is 10.1 Å². The highest BCUT2D eigenvalue weighted by Gasteiger charge is 2.14. The van der Waals surface area contributed by atoms with Gasteiger partial charge in [0.15, 0.2) is 17.3 Å². The quantitative estimate of drug-likeness (QED) is 0.269. The molecule has 4 aromatic rings. The van der Waals surface area contributed by atoms with Crippen LogP contribution in [0.3, 0.4) is 0 Å². The predicted molar refractivity (Wildman–Crippen MR) is 119 cm³/mol. The lowest BCUT2D eigenvalue weighted by Crippen LogP contribution is -2.03. The molecule has 8 nitrogen and oxygen atoms in total. The number of rotatable bonds is 8. The zero-order valence-electron chi connectivity index (χ0n) is 17.7. The number of hydrogen-bond acceptors (Lipinski definition) is 7. The lowest BCUT2D eigenvalue weighted by atomic mass is 10.2. The molecular weight excluding hydrogens is 415 g/mol. The summed E-state index contributed by atoms with van der Waals surface area (Å²) in [5.41, 5.74) is 2.34. The number of carbonyl (C=O) groups excluding carboxylic acids is 1. The van der Waals surface area contributed by atoms with Gasteiger partial charge in [0.05, 0.1) is 24.9 Å². The number of phenols is 1. The number of aromatic nitrogens is 3. The van der Waals surface area contributed by atoms with E-state index >= 15 is 4.39 Å². The van der Waals surface area contributed by atoms with E-state index in [4.69, 9.17) is 4.74 Å². The van der Waals surface area contributed by atoms with Crippen molar-refractivity contribution in [1.29, 1.82) is 0 Å². The van der Waals surface area contributed by atoms with Crippen LogP contribution in [0.2, 0.25) is 0 Å². The van der Waals surface area contributed by atoms with Gasteiger partial charge in [-0.25, -0.2) is 14.4 Å². The number of benzene rings is 2. The average molecular weight is 438 g/mol. The topological polar surface area (TPSA) is 109 Å². The minimum Gasteiger partial charge on any atom is -0.504 e. The number of halogens is 1. The minimum atomic E-state index is -0.389. The van der Waals surface area contributed by atoms with Gasteiger partial charge in [-0.1, -0.05) is 0 Å². The molecule has 0 amide bonds. The number of esters is 1. The Bertz CT molecular complexity index is 1290. The van der Waals surface area contributed by atoms with E-state index in [0.29, 0.717) is 53.5 Å². The number of phenolic OH excluding ortho intramolecular Hbond substituents is 1. The van der Waals surface area contributed by atoms with Gasteiger partial charge < -0.3 is 24.9 Å². The first-order valence-electron chi connectivity index (χ1n) is 10.2. The van der Waals surface area contributed by atoms with Crippen molar-refractivity contribution >= 4 is 39.3 Å². The second kappa shape index (κ2) is 9.09. The number of hydrogen-bond donors (Lipinski definition) is 3. The largest absolute Gasteiger partial charge is 0.504 e. The van der Waals surface area contributed by atoms with E-state index in [2.05, 4.69) is 25.0 Å². The molecule has 0 radical (unpaired) electrons. The molecule has 9 heteroatoms. The van der Waals surface area contributed by atoms with Gasteiger partial charge in [-0.2, -0.15) is 0 Å². The molecule has 0 saturated carbocycles. The second-order valence-electron chi connectivity index (χ2n) is 7.41. The molecule has 166 valence electrons. The van der Waals surface area contributed by atoms with Gasteiger partial charge >= 0.3 is 5.97 Å². The molecule has 0 bridgehead atoms. The molecule has 2 heterocycles. The number of ether oxygens (including phenoxy) is 2. The third-order valence-electron chi connectivity index (χ3n) is 5.10. The fraction of sp³-hybridized carbons (Fsp3) is 0.261. The number of unbranched alkanes of at least 4 members (excludes halogenated alkanes) is 1. The Morgan fingerprint density at radius 2 is 2.03 bits per heavy atom. The van der Waals surface area contributed by atoms with Crippen LogP contribution in [0, 0.1) is 12.7 Å². The zero-order chi connectivity index (χ0) is 22.7. The maximum Gasteiger partial charge on any atom is 0.305 e. The summed E-state index contributed by atoms with van der Waals surface area (Å²) in [6, 6.07) is 8.27. The van der Waals surface area contributed by atoms with Gasteiger partial charge in [0, 0.05) is 34.5 Å².